The number of rotatable bonds is 2. The number of aliphatic hydroxyl groups excluding tert-OH is 3. The second-order valence-electron chi connectivity index (χ2n) is 3.75. The number of nitrogens with zero attached hydrogens (tertiary/aromatic N) is 1. The van der Waals surface area contributed by atoms with E-state index in [0.717, 1.165) is 16.8 Å². The van der Waals surface area contributed by atoms with E-state index in [1.165, 1.54) is 0 Å². The van der Waals surface area contributed by atoms with Crippen molar-refractivity contribution in [2.45, 2.75) is 24.5 Å². The first-order chi connectivity index (χ1) is 8.04. The summed E-state index contributed by atoms with van der Waals surface area (Å²) in [6.45, 7) is -0.479. The molecule has 1 aromatic rings. The molecule has 0 spiro atoms. The first kappa shape index (κ1) is 12.0. The van der Waals surface area contributed by atoms with Crippen molar-refractivity contribution >= 4 is 0 Å². The fourth-order valence-corrected chi connectivity index (χ4v) is 1.74. The van der Waals surface area contributed by atoms with Gasteiger partial charge in [0, 0.05) is 12.3 Å². The molecule has 0 radical (unpaired) electrons. The highest BCUT2D eigenvalue weighted by molar-refractivity contribution is 4.92. The predicted octanol–water partition coefficient (Wildman–Crippen LogP) is -2.85. The summed E-state index contributed by atoms with van der Waals surface area (Å²) in [5, 5.41) is 28.1. The van der Waals surface area contributed by atoms with Crippen molar-refractivity contribution in [3.05, 3.63) is 33.1 Å². The third kappa shape index (κ3) is 2.03. The van der Waals surface area contributed by atoms with Gasteiger partial charge in [-0.15, -0.1) is 0 Å². The Bertz CT molecular complexity index is 509. The van der Waals surface area contributed by atoms with E-state index >= 15 is 0 Å². The van der Waals surface area contributed by atoms with Gasteiger partial charge in [-0.05, 0) is 0 Å². The third-order valence-electron chi connectivity index (χ3n) is 2.64. The molecule has 1 unspecified atom stereocenters. The lowest BCUT2D eigenvalue weighted by Gasteiger charge is -2.16. The van der Waals surface area contributed by atoms with Gasteiger partial charge in [-0.2, -0.15) is 0 Å². The molecule has 0 bridgehead atoms. The van der Waals surface area contributed by atoms with Crippen molar-refractivity contribution in [2.24, 2.45) is 0 Å². The molecule has 0 aromatic carbocycles. The van der Waals surface area contributed by atoms with Gasteiger partial charge in [0.1, 0.15) is 18.3 Å². The highest BCUT2D eigenvalue weighted by Gasteiger charge is 2.43. The molecule has 8 nitrogen and oxygen atoms in total. The lowest BCUT2D eigenvalue weighted by molar-refractivity contribution is -0.0550. The number of aromatic nitrogens is 2. The zero-order valence-electron chi connectivity index (χ0n) is 8.68. The summed E-state index contributed by atoms with van der Waals surface area (Å²) in [6.07, 6.45) is -3.58. The number of aromatic amines is 1. The van der Waals surface area contributed by atoms with Crippen LogP contribution in [-0.4, -0.2) is 49.8 Å². The van der Waals surface area contributed by atoms with Gasteiger partial charge in [-0.3, -0.25) is 14.3 Å². The Morgan fingerprint density at radius 3 is 2.59 bits per heavy atom. The van der Waals surface area contributed by atoms with Gasteiger partial charge in [0.05, 0.1) is 6.61 Å². The zero-order chi connectivity index (χ0) is 12.6. The number of hydrogen-bond acceptors (Lipinski definition) is 6. The summed E-state index contributed by atoms with van der Waals surface area (Å²) in [5.74, 6) is 0. The lowest BCUT2D eigenvalue weighted by Crippen LogP contribution is -2.37. The SMILES string of the molecule is O=c1ccn(C2O[C@H](CO)[C@H](O)[C@@H]2O)c(=O)[nH]1. The van der Waals surface area contributed by atoms with Crippen molar-refractivity contribution in [1.29, 1.82) is 0 Å². The standard InChI is InChI=1S/C9H12N2O6/c12-3-4-6(14)7(15)8(17-4)11-2-1-5(13)10-9(11)16/h1-2,4,6-8,12,14-15H,3H2,(H,10,13,16)/t4-,6+,7+,8?/m1/s1. The highest BCUT2D eigenvalue weighted by Crippen LogP contribution is 2.27. The number of ether oxygens (including phenoxy) is 1. The Morgan fingerprint density at radius 2 is 2.06 bits per heavy atom. The van der Waals surface area contributed by atoms with Gasteiger partial charge in [-0.1, -0.05) is 0 Å². The summed E-state index contributed by atoms with van der Waals surface area (Å²) in [6, 6.07) is 1.09. The molecule has 0 saturated carbocycles. The number of H-pyrrole nitrogens is 1. The Labute approximate surface area is 94.7 Å². The van der Waals surface area contributed by atoms with Crippen molar-refractivity contribution in [1.82, 2.24) is 9.55 Å². The van der Waals surface area contributed by atoms with E-state index in [2.05, 4.69) is 0 Å². The molecule has 1 aliphatic rings. The average Bonchev–Trinajstić information content (AvgIpc) is 2.57. The van der Waals surface area contributed by atoms with Crippen LogP contribution in [0.1, 0.15) is 6.23 Å². The monoisotopic (exact) mass is 244 g/mol. The molecule has 4 N–H and O–H groups in total. The second-order valence-corrected chi connectivity index (χ2v) is 3.75. The van der Waals surface area contributed by atoms with Crippen LogP contribution >= 0.6 is 0 Å². The molecule has 4 atom stereocenters. The molecule has 94 valence electrons. The van der Waals surface area contributed by atoms with Crippen LogP contribution in [0.25, 0.3) is 0 Å². The van der Waals surface area contributed by atoms with E-state index in [-0.39, 0.29) is 0 Å². The average molecular weight is 244 g/mol. The van der Waals surface area contributed by atoms with Gasteiger partial charge in [0.25, 0.3) is 5.56 Å². The minimum atomic E-state index is -1.35. The van der Waals surface area contributed by atoms with E-state index in [9.17, 15) is 19.8 Å². The van der Waals surface area contributed by atoms with Gasteiger partial charge >= 0.3 is 5.69 Å². The van der Waals surface area contributed by atoms with Crippen LogP contribution in [0.15, 0.2) is 21.9 Å². The Hall–Kier alpha value is -1.48. The maximum absolute atomic E-state index is 11.4. The van der Waals surface area contributed by atoms with Crippen molar-refractivity contribution in [3.63, 3.8) is 0 Å². The molecule has 0 amide bonds. The normalized spacial score (nSPS) is 32.9. The molecule has 2 heterocycles. The fraction of sp³-hybridized carbons (Fsp3) is 0.556. The minimum absolute atomic E-state index is 0.479. The number of aliphatic hydroxyl groups is 3. The highest BCUT2D eigenvalue weighted by atomic mass is 16.6. The second kappa shape index (κ2) is 4.41. The minimum Gasteiger partial charge on any atom is -0.394 e. The molecular formula is C9H12N2O6. The molecule has 1 fully saturated rings. The van der Waals surface area contributed by atoms with Crippen molar-refractivity contribution < 1.29 is 20.1 Å². The van der Waals surface area contributed by atoms with E-state index in [1.54, 1.807) is 0 Å². The lowest BCUT2D eigenvalue weighted by atomic mass is 10.1. The topological polar surface area (TPSA) is 125 Å². The zero-order valence-corrected chi connectivity index (χ0v) is 8.68. The summed E-state index contributed by atoms with van der Waals surface area (Å²) >= 11 is 0. The molecular weight excluding hydrogens is 232 g/mol. The molecule has 1 aliphatic heterocycles. The number of nitrogens with one attached hydrogen (secondary N) is 1. The molecule has 2 rings (SSSR count). The van der Waals surface area contributed by atoms with Gasteiger partial charge in [-0.25, -0.2) is 4.79 Å². The predicted molar refractivity (Wildman–Crippen MR) is 54.3 cm³/mol. The van der Waals surface area contributed by atoms with Gasteiger partial charge in [0.2, 0.25) is 0 Å². The van der Waals surface area contributed by atoms with Crippen LogP contribution in [0.4, 0.5) is 0 Å². The first-order valence-corrected chi connectivity index (χ1v) is 4.98. The van der Waals surface area contributed by atoms with Crippen LogP contribution in [-0.2, 0) is 4.74 Å². The molecule has 1 aromatic heterocycles. The van der Waals surface area contributed by atoms with E-state index in [1.807, 2.05) is 4.98 Å². The first-order valence-electron chi connectivity index (χ1n) is 4.98. The third-order valence-corrected chi connectivity index (χ3v) is 2.64. The quantitative estimate of drug-likeness (QED) is 0.444. The van der Waals surface area contributed by atoms with Gasteiger partial charge < -0.3 is 20.1 Å². The van der Waals surface area contributed by atoms with E-state index < -0.39 is 42.4 Å². The van der Waals surface area contributed by atoms with Crippen LogP contribution in [0.5, 0.6) is 0 Å². The summed E-state index contributed by atoms with van der Waals surface area (Å²) in [4.78, 5) is 24.3. The number of hydrogen-bond donors (Lipinski definition) is 4. The fourth-order valence-electron chi connectivity index (χ4n) is 1.74. The summed E-state index contributed by atoms with van der Waals surface area (Å²) in [7, 11) is 0. The van der Waals surface area contributed by atoms with E-state index in [0.29, 0.717) is 0 Å². The molecule has 1 saturated heterocycles. The van der Waals surface area contributed by atoms with E-state index in [4.69, 9.17) is 9.84 Å². The van der Waals surface area contributed by atoms with Crippen LogP contribution < -0.4 is 11.2 Å². The molecule has 8 heteroatoms. The summed E-state index contributed by atoms with van der Waals surface area (Å²) < 4.78 is 6.08. The molecule has 0 aliphatic carbocycles. The van der Waals surface area contributed by atoms with Crippen LogP contribution in [0, 0.1) is 0 Å². The largest absolute Gasteiger partial charge is 0.394 e. The van der Waals surface area contributed by atoms with Crippen LogP contribution in [0.2, 0.25) is 0 Å². The Kier molecular flexibility index (Phi) is 3.11. The van der Waals surface area contributed by atoms with Crippen molar-refractivity contribution in [3.8, 4) is 0 Å². The van der Waals surface area contributed by atoms with Gasteiger partial charge in [0.15, 0.2) is 6.23 Å². The van der Waals surface area contributed by atoms with Crippen molar-refractivity contribution in [2.75, 3.05) is 6.61 Å². The summed E-state index contributed by atoms with van der Waals surface area (Å²) in [5.41, 5.74) is -1.33. The Balaban J connectivity index is 2.35. The maximum atomic E-state index is 11.4. The Morgan fingerprint density at radius 1 is 1.35 bits per heavy atom. The van der Waals surface area contributed by atoms with Crippen LogP contribution in [0.3, 0.4) is 0 Å². The smallest absolute Gasteiger partial charge is 0.330 e. The maximum Gasteiger partial charge on any atom is 0.330 e. The molecule has 17 heavy (non-hydrogen) atoms.